The van der Waals surface area contributed by atoms with Gasteiger partial charge in [-0.2, -0.15) is 0 Å². The van der Waals surface area contributed by atoms with Crippen molar-refractivity contribution in [2.45, 2.75) is 39.2 Å². The van der Waals surface area contributed by atoms with E-state index in [1.807, 2.05) is 0 Å². The third kappa shape index (κ3) is 1.33. The van der Waals surface area contributed by atoms with Crippen LogP contribution in [0.15, 0.2) is 6.33 Å². The fraction of sp³-hybridized carbons (Fsp3) is 0.500. The third-order valence-corrected chi connectivity index (χ3v) is 3.83. The third-order valence-electron chi connectivity index (χ3n) is 3.53. The maximum atomic E-state index is 5.34. The van der Waals surface area contributed by atoms with Gasteiger partial charge in [-0.1, -0.05) is 18.6 Å². The first-order chi connectivity index (χ1) is 7.79. The van der Waals surface area contributed by atoms with Crippen molar-refractivity contribution in [3.8, 4) is 0 Å². The van der Waals surface area contributed by atoms with Crippen LogP contribution < -0.4 is 0 Å². The Morgan fingerprint density at radius 3 is 3.12 bits per heavy atom. The number of H-pyrrole nitrogens is 1. The Balaban J connectivity index is 2.42. The molecule has 0 aromatic carbocycles. The van der Waals surface area contributed by atoms with Gasteiger partial charge in [0.15, 0.2) is 4.64 Å². The van der Waals surface area contributed by atoms with Gasteiger partial charge >= 0.3 is 0 Å². The lowest BCUT2D eigenvalue weighted by Gasteiger charge is -2.05. The molecule has 3 rings (SSSR count). The molecule has 2 aromatic rings. The van der Waals surface area contributed by atoms with E-state index in [-0.39, 0.29) is 0 Å². The molecule has 1 N–H and O–H groups in total. The Kier molecular flexibility index (Phi) is 2.32. The summed E-state index contributed by atoms with van der Waals surface area (Å²) in [7, 11) is 0. The highest BCUT2D eigenvalue weighted by molar-refractivity contribution is 7.71. The van der Waals surface area contributed by atoms with E-state index in [0.29, 0.717) is 0 Å². The zero-order valence-corrected chi connectivity index (χ0v) is 10.2. The van der Waals surface area contributed by atoms with E-state index in [1.54, 1.807) is 6.33 Å². The summed E-state index contributed by atoms with van der Waals surface area (Å²) in [6, 6.07) is 0. The Morgan fingerprint density at radius 2 is 2.25 bits per heavy atom. The number of fused-ring (bicyclic) bond motifs is 3. The van der Waals surface area contributed by atoms with Gasteiger partial charge in [-0.25, -0.2) is 4.98 Å². The number of hydrogen-bond donors (Lipinski definition) is 1. The monoisotopic (exact) mass is 233 g/mol. The molecule has 0 saturated heterocycles. The highest BCUT2D eigenvalue weighted by Gasteiger charge is 2.17. The summed E-state index contributed by atoms with van der Waals surface area (Å²) in [5, 5.41) is 0. The zero-order valence-electron chi connectivity index (χ0n) is 9.42. The normalized spacial score (nSPS) is 16.1. The largest absolute Gasteiger partial charge is 0.344 e. The van der Waals surface area contributed by atoms with Gasteiger partial charge in [-0.05, 0) is 31.7 Å². The molecular formula is C12H15N3S. The molecule has 0 amide bonds. The van der Waals surface area contributed by atoms with E-state index in [4.69, 9.17) is 12.2 Å². The predicted molar refractivity (Wildman–Crippen MR) is 67.2 cm³/mol. The number of hydrogen-bond acceptors (Lipinski definition) is 2. The van der Waals surface area contributed by atoms with Gasteiger partial charge in [0, 0.05) is 12.2 Å². The molecule has 0 unspecified atom stereocenters. The summed E-state index contributed by atoms with van der Waals surface area (Å²) in [4.78, 5) is 7.44. The van der Waals surface area contributed by atoms with Gasteiger partial charge < -0.3 is 9.55 Å². The lowest BCUT2D eigenvalue weighted by atomic mass is 10.1. The van der Waals surface area contributed by atoms with Crippen molar-refractivity contribution in [1.29, 1.82) is 0 Å². The van der Waals surface area contributed by atoms with Gasteiger partial charge in [0.2, 0.25) is 0 Å². The number of aryl methyl sites for hydroxylation is 2. The van der Waals surface area contributed by atoms with Gasteiger partial charge in [0.1, 0.15) is 5.52 Å². The van der Waals surface area contributed by atoms with Crippen molar-refractivity contribution in [2.24, 2.45) is 0 Å². The number of aromatic amines is 1. The van der Waals surface area contributed by atoms with E-state index < -0.39 is 0 Å². The Bertz CT molecular complexity index is 594. The summed E-state index contributed by atoms with van der Waals surface area (Å²) >= 11 is 5.34. The molecule has 0 bridgehead atoms. The number of aromatic nitrogens is 3. The molecule has 0 atom stereocenters. The number of nitrogens with zero attached hydrogens (tertiary/aromatic N) is 2. The lowest BCUT2D eigenvalue weighted by molar-refractivity contribution is 0.647. The van der Waals surface area contributed by atoms with Crippen molar-refractivity contribution in [3.63, 3.8) is 0 Å². The van der Waals surface area contributed by atoms with Crippen molar-refractivity contribution in [1.82, 2.24) is 14.5 Å². The molecule has 0 aliphatic carbocycles. The Labute approximate surface area is 99.5 Å². The quantitative estimate of drug-likeness (QED) is 0.709. The van der Waals surface area contributed by atoms with Crippen molar-refractivity contribution in [2.75, 3.05) is 0 Å². The first-order valence-corrected chi connectivity index (χ1v) is 6.25. The zero-order chi connectivity index (χ0) is 11.1. The molecule has 4 heteroatoms. The van der Waals surface area contributed by atoms with Crippen LogP contribution in [-0.4, -0.2) is 14.5 Å². The molecule has 3 heterocycles. The maximum absolute atomic E-state index is 5.34. The number of rotatable bonds is 0. The van der Waals surface area contributed by atoms with Gasteiger partial charge in [0.25, 0.3) is 0 Å². The number of nitrogens with one attached hydrogen (secondary N) is 1. The fourth-order valence-electron chi connectivity index (χ4n) is 2.72. The second-order valence-electron chi connectivity index (χ2n) is 4.47. The topological polar surface area (TPSA) is 33.6 Å². The highest BCUT2D eigenvalue weighted by Crippen LogP contribution is 2.28. The molecule has 0 radical (unpaired) electrons. The highest BCUT2D eigenvalue weighted by atomic mass is 32.1. The van der Waals surface area contributed by atoms with Crippen LogP contribution in [0.4, 0.5) is 0 Å². The van der Waals surface area contributed by atoms with Crippen LogP contribution in [-0.2, 0) is 13.0 Å². The molecule has 1 aliphatic heterocycles. The lowest BCUT2D eigenvalue weighted by Crippen LogP contribution is -2.00. The molecule has 0 spiro atoms. The van der Waals surface area contributed by atoms with Gasteiger partial charge in [-0.3, -0.25) is 0 Å². The average molecular weight is 233 g/mol. The summed E-state index contributed by atoms with van der Waals surface area (Å²) in [6.07, 6.45) is 6.73. The Morgan fingerprint density at radius 1 is 1.38 bits per heavy atom. The molecule has 16 heavy (non-hydrogen) atoms. The van der Waals surface area contributed by atoms with Gasteiger partial charge in [-0.15, -0.1) is 0 Å². The average Bonchev–Trinajstić information content (AvgIpc) is 2.48. The Hall–Kier alpha value is -1.16. The van der Waals surface area contributed by atoms with Crippen LogP contribution in [0, 0.1) is 11.6 Å². The second kappa shape index (κ2) is 3.70. The van der Waals surface area contributed by atoms with Crippen LogP contribution in [0.5, 0.6) is 0 Å². The second-order valence-corrected chi connectivity index (χ2v) is 4.85. The SMILES string of the molecule is Cc1c2n(c3c(=S)nc[nH]c13)CCCCC2. The minimum absolute atomic E-state index is 0.727. The predicted octanol–water partition coefficient (Wildman–Crippen LogP) is 3.13. The van der Waals surface area contributed by atoms with Crippen LogP contribution >= 0.6 is 12.2 Å². The van der Waals surface area contributed by atoms with Crippen LogP contribution in [0.2, 0.25) is 0 Å². The van der Waals surface area contributed by atoms with Gasteiger partial charge in [0.05, 0.1) is 11.8 Å². The van der Waals surface area contributed by atoms with E-state index in [0.717, 1.165) is 16.7 Å². The molecule has 84 valence electrons. The standard InChI is InChI=1S/C12H15N3S/c1-8-9-5-3-2-4-6-15(9)11-10(8)13-7-14-12(11)16/h7H,2-6H2,1H3,(H,13,14,16). The molecule has 0 fully saturated rings. The summed E-state index contributed by atoms with van der Waals surface area (Å²) in [6.45, 7) is 3.27. The first-order valence-electron chi connectivity index (χ1n) is 5.84. The van der Waals surface area contributed by atoms with Crippen molar-refractivity contribution < 1.29 is 0 Å². The van der Waals surface area contributed by atoms with Crippen molar-refractivity contribution in [3.05, 3.63) is 22.2 Å². The summed E-state index contributed by atoms with van der Waals surface area (Å²) < 4.78 is 3.11. The van der Waals surface area contributed by atoms with E-state index >= 15 is 0 Å². The smallest absolute Gasteiger partial charge is 0.153 e. The minimum atomic E-state index is 0.727. The minimum Gasteiger partial charge on any atom is -0.344 e. The molecule has 2 aromatic heterocycles. The van der Waals surface area contributed by atoms with E-state index in [9.17, 15) is 0 Å². The van der Waals surface area contributed by atoms with Crippen LogP contribution in [0.25, 0.3) is 11.0 Å². The molecule has 1 aliphatic rings. The molecule has 0 saturated carbocycles. The first kappa shape index (κ1) is 10.0. The van der Waals surface area contributed by atoms with Crippen molar-refractivity contribution >= 4 is 23.3 Å². The van der Waals surface area contributed by atoms with E-state index in [1.165, 1.54) is 42.5 Å². The molecular weight excluding hydrogens is 218 g/mol. The summed E-state index contributed by atoms with van der Waals surface area (Å²) in [5.41, 5.74) is 5.11. The molecule has 3 nitrogen and oxygen atoms in total. The van der Waals surface area contributed by atoms with E-state index in [2.05, 4.69) is 21.5 Å². The van der Waals surface area contributed by atoms with Crippen LogP contribution in [0.3, 0.4) is 0 Å². The maximum Gasteiger partial charge on any atom is 0.153 e. The summed E-state index contributed by atoms with van der Waals surface area (Å²) in [5.74, 6) is 0. The van der Waals surface area contributed by atoms with Crippen LogP contribution in [0.1, 0.15) is 30.5 Å². The fourth-order valence-corrected chi connectivity index (χ4v) is 2.98.